The molecule has 1 heterocycles. The Labute approximate surface area is 98.9 Å². The highest BCUT2D eigenvalue weighted by molar-refractivity contribution is 5.94. The quantitative estimate of drug-likeness (QED) is 0.762. The van der Waals surface area contributed by atoms with Crippen LogP contribution in [-0.4, -0.2) is 28.1 Å². The number of pyridine rings is 1. The molecule has 1 aromatic heterocycles. The zero-order valence-corrected chi connectivity index (χ0v) is 9.40. The maximum Gasteiger partial charge on any atom is 0.251 e. The standard InChI is InChI=1S/C12H15FN2O2/c13-11-7-8(5-6-14-11)12(17)15-9-1-3-10(16)4-2-9/h5-7,9-10,16H,1-4H2,(H,15,17). The first kappa shape index (κ1) is 12.0. The number of aliphatic hydroxyl groups excluding tert-OH is 1. The summed E-state index contributed by atoms with van der Waals surface area (Å²) in [6, 6.07) is 2.67. The molecule has 92 valence electrons. The van der Waals surface area contributed by atoms with Crippen LogP contribution in [0, 0.1) is 5.95 Å². The van der Waals surface area contributed by atoms with Gasteiger partial charge in [0.05, 0.1) is 6.10 Å². The van der Waals surface area contributed by atoms with Gasteiger partial charge in [-0.3, -0.25) is 4.79 Å². The van der Waals surface area contributed by atoms with E-state index in [9.17, 15) is 14.3 Å². The molecule has 0 radical (unpaired) electrons. The van der Waals surface area contributed by atoms with E-state index >= 15 is 0 Å². The highest BCUT2D eigenvalue weighted by Gasteiger charge is 2.21. The number of rotatable bonds is 2. The number of carbonyl (C=O) groups is 1. The van der Waals surface area contributed by atoms with E-state index in [1.54, 1.807) is 0 Å². The Morgan fingerprint density at radius 1 is 1.41 bits per heavy atom. The predicted octanol–water partition coefficient (Wildman–Crippen LogP) is 1.25. The molecule has 1 saturated carbocycles. The number of aromatic nitrogens is 1. The first-order valence-electron chi connectivity index (χ1n) is 5.75. The largest absolute Gasteiger partial charge is 0.393 e. The number of hydrogen-bond donors (Lipinski definition) is 2. The molecule has 0 unspecified atom stereocenters. The Balaban J connectivity index is 1.93. The van der Waals surface area contributed by atoms with E-state index in [-0.39, 0.29) is 23.6 Å². The number of nitrogens with one attached hydrogen (secondary N) is 1. The van der Waals surface area contributed by atoms with Crippen molar-refractivity contribution in [2.75, 3.05) is 0 Å². The lowest BCUT2D eigenvalue weighted by Gasteiger charge is -2.26. The lowest BCUT2D eigenvalue weighted by atomic mass is 9.93. The molecule has 1 aliphatic rings. The molecule has 0 spiro atoms. The van der Waals surface area contributed by atoms with Crippen molar-refractivity contribution in [3.63, 3.8) is 0 Å². The molecule has 1 aromatic rings. The third-order valence-electron chi connectivity index (χ3n) is 3.02. The fourth-order valence-electron chi connectivity index (χ4n) is 2.03. The van der Waals surface area contributed by atoms with Crippen LogP contribution in [0.15, 0.2) is 18.3 Å². The van der Waals surface area contributed by atoms with Crippen molar-refractivity contribution in [1.29, 1.82) is 0 Å². The first-order valence-corrected chi connectivity index (χ1v) is 5.75. The van der Waals surface area contributed by atoms with Gasteiger partial charge in [0.1, 0.15) is 0 Å². The van der Waals surface area contributed by atoms with Crippen LogP contribution < -0.4 is 5.32 Å². The molecular formula is C12H15FN2O2. The van der Waals surface area contributed by atoms with E-state index in [1.807, 2.05) is 0 Å². The molecule has 5 heteroatoms. The number of hydrogen-bond acceptors (Lipinski definition) is 3. The summed E-state index contributed by atoms with van der Waals surface area (Å²) >= 11 is 0. The molecule has 0 bridgehead atoms. The molecule has 2 rings (SSSR count). The van der Waals surface area contributed by atoms with E-state index in [4.69, 9.17) is 0 Å². The highest BCUT2D eigenvalue weighted by atomic mass is 19.1. The first-order chi connectivity index (χ1) is 8.15. The molecule has 0 aromatic carbocycles. The molecule has 2 N–H and O–H groups in total. The number of carbonyl (C=O) groups excluding carboxylic acids is 1. The van der Waals surface area contributed by atoms with Gasteiger partial charge in [0.25, 0.3) is 5.91 Å². The molecule has 1 aliphatic carbocycles. The van der Waals surface area contributed by atoms with Gasteiger partial charge in [-0.15, -0.1) is 0 Å². The maximum absolute atomic E-state index is 12.8. The Bertz CT molecular complexity index is 403. The van der Waals surface area contributed by atoms with Crippen molar-refractivity contribution in [3.8, 4) is 0 Å². The zero-order valence-electron chi connectivity index (χ0n) is 9.40. The van der Waals surface area contributed by atoms with Gasteiger partial charge in [0, 0.05) is 23.9 Å². The number of amides is 1. The van der Waals surface area contributed by atoms with Gasteiger partial charge in [0.15, 0.2) is 0 Å². The topological polar surface area (TPSA) is 62.2 Å². The van der Waals surface area contributed by atoms with E-state index in [1.165, 1.54) is 12.3 Å². The minimum Gasteiger partial charge on any atom is -0.393 e. The van der Waals surface area contributed by atoms with Gasteiger partial charge in [0.2, 0.25) is 5.95 Å². The van der Waals surface area contributed by atoms with E-state index in [0.717, 1.165) is 18.9 Å². The van der Waals surface area contributed by atoms with E-state index < -0.39 is 5.95 Å². The molecule has 1 fully saturated rings. The van der Waals surface area contributed by atoms with Gasteiger partial charge in [-0.05, 0) is 31.7 Å². The summed E-state index contributed by atoms with van der Waals surface area (Å²) in [6.07, 6.45) is 3.96. The highest BCUT2D eigenvalue weighted by Crippen LogP contribution is 2.18. The zero-order chi connectivity index (χ0) is 12.3. The summed E-state index contributed by atoms with van der Waals surface area (Å²) in [7, 11) is 0. The Hall–Kier alpha value is -1.49. The lowest BCUT2D eigenvalue weighted by Crippen LogP contribution is -2.38. The maximum atomic E-state index is 12.8. The second kappa shape index (κ2) is 5.23. The van der Waals surface area contributed by atoms with Crippen molar-refractivity contribution in [1.82, 2.24) is 10.3 Å². The van der Waals surface area contributed by atoms with Crippen LogP contribution in [0.2, 0.25) is 0 Å². The second-order valence-electron chi connectivity index (χ2n) is 4.35. The molecule has 0 saturated heterocycles. The lowest BCUT2D eigenvalue weighted by molar-refractivity contribution is 0.0867. The van der Waals surface area contributed by atoms with Crippen molar-refractivity contribution in [2.24, 2.45) is 0 Å². The van der Waals surface area contributed by atoms with Crippen LogP contribution in [0.3, 0.4) is 0 Å². The van der Waals surface area contributed by atoms with Crippen LogP contribution in [0.1, 0.15) is 36.0 Å². The van der Waals surface area contributed by atoms with Gasteiger partial charge in [-0.1, -0.05) is 0 Å². The van der Waals surface area contributed by atoms with E-state index in [2.05, 4.69) is 10.3 Å². The van der Waals surface area contributed by atoms with Crippen LogP contribution in [0.25, 0.3) is 0 Å². The Morgan fingerprint density at radius 3 is 2.76 bits per heavy atom. The minimum atomic E-state index is -0.656. The van der Waals surface area contributed by atoms with E-state index in [0.29, 0.717) is 12.8 Å². The Morgan fingerprint density at radius 2 is 2.12 bits per heavy atom. The van der Waals surface area contributed by atoms with Crippen LogP contribution in [0.5, 0.6) is 0 Å². The van der Waals surface area contributed by atoms with Crippen molar-refractivity contribution < 1.29 is 14.3 Å². The summed E-state index contributed by atoms with van der Waals surface area (Å²) in [4.78, 5) is 15.2. The number of aliphatic hydroxyl groups is 1. The molecule has 1 amide bonds. The van der Waals surface area contributed by atoms with Crippen molar-refractivity contribution in [3.05, 3.63) is 29.8 Å². The van der Waals surface area contributed by atoms with Gasteiger partial charge < -0.3 is 10.4 Å². The summed E-state index contributed by atoms with van der Waals surface area (Å²) in [6.45, 7) is 0. The van der Waals surface area contributed by atoms with Crippen LogP contribution >= 0.6 is 0 Å². The molecule has 0 atom stereocenters. The SMILES string of the molecule is O=C(NC1CCC(O)CC1)c1ccnc(F)c1. The monoisotopic (exact) mass is 238 g/mol. The summed E-state index contributed by atoms with van der Waals surface area (Å²) in [5, 5.41) is 12.2. The minimum absolute atomic E-state index is 0.0714. The fourth-order valence-corrected chi connectivity index (χ4v) is 2.03. The molecule has 4 nitrogen and oxygen atoms in total. The second-order valence-corrected chi connectivity index (χ2v) is 4.35. The molecular weight excluding hydrogens is 223 g/mol. The number of nitrogens with zero attached hydrogens (tertiary/aromatic N) is 1. The average Bonchev–Trinajstić information content (AvgIpc) is 2.32. The fraction of sp³-hybridized carbons (Fsp3) is 0.500. The smallest absolute Gasteiger partial charge is 0.251 e. The molecule has 0 aliphatic heterocycles. The van der Waals surface area contributed by atoms with Gasteiger partial charge in [-0.25, -0.2) is 4.98 Å². The third kappa shape index (κ3) is 3.23. The average molecular weight is 238 g/mol. The van der Waals surface area contributed by atoms with Crippen molar-refractivity contribution in [2.45, 2.75) is 37.8 Å². The van der Waals surface area contributed by atoms with Crippen molar-refractivity contribution >= 4 is 5.91 Å². The summed E-state index contributed by atoms with van der Waals surface area (Å²) < 4.78 is 12.8. The third-order valence-corrected chi connectivity index (χ3v) is 3.02. The van der Waals surface area contributed by atoms with Crippen LogP contribution in [-0.2, 0) is 0 Å². The predicted molar refractivity (Wildman–Crippen MR) is 59.9 cm³/mol. The van der Waals surface area contributed by atoms with Gasteiger partial charge in [-0.2, -0.15) is 4.39 Å². The normalized spacial score (nSPS) is 24.4. The Kier molecular flexibility index (Phi) is 3.68. The molecule has 17 heavy (non-hydrogen) atoms. The summed E-state index contributed by atoms with van der Waals surface area (Å²) in [5.41, 5.74) is 0.281. The van der Waals surface area contributed by atoms with Crippen LogP contribution in [0.4, 0.5) is 4.39 Å². The number of halogens is 1. The van der Waals surface area contributed by atoms with Gasteiger partial charge >= 0.3 is 0 Å². The summed E-state index contributed by atoms with van der Waals surface area (Å²) in [5.74, 6) is -0.940.